The number of aliphatic hydroxyl groups is 2. The van der Waals surface area contributed by atoms with Crippen molar-refractivity contribution >= 4 is 28.5 Å². The number of rotatable bonds is 8. The van der Waals surface area contributed by atoms with Gasteiger partial charge in [0.05, 0.1) is 30.3 Å². The van der Waals surface area contributed by atoms with Crippen molar-refractivity contribution in [2.75, 3.05) is 18.5 Å². The summed E-state index contributed by atoms with van der Waals surface area (Å²) in [6, 6.07) is 18.2. The Bertz CT molecular complexity index is 1130. The van der Waals surface area contributed by atoms with Crippen molar-refractivity contribution in [1.29, 1.82) is 0 Å². The molecule has 0 bridgehead atoms. The first-order chi connectivity index (χ1) is 14.7. The summed E-state index contributed by atoms with van der Waals surface area (Å²) in [6.07, 6.45) is 0. The number of nitrogens with one attached hydrogen (secondary N) is 2. The minimum Gasteiger partial charge on any atom is -0.487 e. The van der Waals surface area contributed by atoms with Crippen LogP contribution in [0.5, 0.6) is 5.75 Å². The van der Waals surface area contributed by atoms with Gasteiger partial charge in [-0.15, -0.1) is 0 Å². The molecule has 0 unspecified atom stereocenters. The van der Waals surface area contributed by atoms with Gasteiger partial charge in [-0.1, -0.05) is 48.0 Å². The fraction of sp³-hybridized carbons (Fsp3) is 0.182. The Hall–Kier alpha value is -3.13. The second kappa shape index (κ2) is 9.13. The summed E-state index contributed by atoms with van der Waals surface area (Å²) < 4.78 is 5.82. The van der Waals surface area contributed by atoms with E-state index in [1.165, 1.54) is 0 Å². The monoisotopic (exact) mass is 424 g/mol. The Balaban J connectivity index is 1.69. The molecular formula is C22H21ClN4O3. The van der Waals surface area contributed by atoms with Crippen LogP contribution in [0, 0.1) is 0 Å². The Morgan fingerprint density at radius 3 is 2.53 bits per heavy atom. The van der Waals surface area contributed by atoms with Crippen LogP contribution in [0.2, 0.25) is 5.02 Å². The van der Waals surface area contributed by atoms with Crippen LogP contribution >= 0.6 is 11.6 Å². The van der Waals surface area contributed by atoms with Crippen LogP contribution in [-0.2, 0) is 6.61 Å². The first-order valence-electron chi connectivity index (χ1n) is 9.48. The number of anilines is 1. The molecule has 0 aliphatic carbocycles. The van der Waals surface area contributed by atoms with Crippen molar-refractivity contribution in [3.05, 3.63) is 71.4 Å². The van der Waals surface area contributed by atoms with Gasteiger partial charge in [-0.2, -0.15) is 0 Å². The van der Waals surface area contributed by atoms with Gasteiger partial charge >= 0.3 is 0 Å². The maximum absolute atomic E-state index is 9.48. The molecule has 0 amide bonds. The van der Waals surface area contributed by atoms with Crippen LogP contribution < -0.4 is 10.1 Å². The van der Waals surface area contributed by atoms with Gasteiger partial charge in [0.15, 0.2) is 5.82 Å². The fourth-order valence-electron chi connectivity index (χ4n) is 3.03. The minimum atomic E-state index is -0.534. The zero-order valence-electron chi connectivity index (χ0n) is 16.0. The van der Waals surface area contributed by atoms with E-state index >= 15 is 0 Å². The number of fused-ring (bicyclic) bond motifs is 1. The van der Waals surface area contributed by atoms with Crippen molar-refractivity contribution in [1.82, 2.24) is 15.0 Å². The predicted octanol–water partition coefficient (Wildman–Crippen LogP) is 3.62. The zero-order valence-corrected chi connectivity index (χ0v) is 16.8. The molecule has 4 aromatic rings. The molecule has 0 saturated heterocycles. The van der Waals surface area contributed by atoms with Crippen LogP contribution in [0.25, 0.3) is 22.4 Å². The van der Waals surface area contributed by atoms with Gasteiger partial charge in [0, 0.05) is 10.6 Å². The first-order valence-corrected chi connectivity index (χ1v) is 9.85. The summed E-state index contributed by atoms with van der Waals surface area (Å²) in [7, 11) is 0. The molecule has 4 N–H and O–H groups in total. The highest BCUT2D eigenvalue weighted by Crippen LogP contribution is 2.27. The molecular weight excluding hydrogens is 404 g/mol. The second-order valence-corrected chi connectivity index (χ2v) is 7.21. The number of H-pyrrole nitrogens is 1. The summed E-state index contributed by atoms with van der Waals surface area (Å²) in [5.74, 6) is 1.72. The van der Waals surface area contributed by atoms with Gasteiger partial charge in [0.1, 0.15) is 23.8 Å². The molecule has 7 nitrogen and oxygen atoms in total. The molecule has 0 fully saturated rings. The Labute approximate surface area is 178 Å². The number of ether oxygens (including phenoxy) is 1. The fourth-order valence-corrected chi connectivity index (χ4v) is 3.21. The van der Waals surface area contributed by atoms with Gasteiger partial charge in [0.2, 0.25) is 0 Å². The van der Waals surface area contributed by atoms with Crippen molar-refractivity contribution in [3.63, 3.8) is 0 Å². The summed E-state index contributed by atoms with van der Waals surface area (Å²) in [5, 5.41) is 23.4. The lowest BCUT2D eigenvalue weighted by Gasteiger charge is -2.15. The smallest absolute Gasteiger partial charge is 0.163 e. The number of halogens is 1. The lowest BCUT2D eigenvalue weighted by atomic mass is 10.2. The molecule has 2 heterocycles. The number of nitrogens with zero attached hydrogens (tertiary/aromatic N) is 2. The molecule has 2 aromatic carbocycles. The third kappa shape index (κ3) is 4.54. The minimum absolute atomic E-state index is 0.224. The molecule has 4 rings (SSSR count). The molecule has 154 valence electrons. The van der Waals surface area contributed by atoms with E-state index in [1.807, 2.05) is 48.5 Å². The van der Waals surface area contributed by atoms with E-state index in [2.05, 4.69) is 20.3 Å². The third-order valence-electron chi connectivity index (χ3n) is 4.55. The predicted molar refractivity (Wildman–Crippen MR) is 117 cm³/mol. The van der Waals surface area contributed by atoms with Crippen LogP contribution in [0.4, 0.5) is 5.82 Å². The SMILES string of the molecule is OCC(CO)Nc1nc(-c2ccccc2)nc2[nH]c(COc3cccc(Cl)c3)cc12. The lowest BCUT2D eigenvalue weighted by molar-refractivity contribution is 0.203. The Kier molecular flexibility index (Phi) is 6.13. The highest BCUT2D eigenvalue weighted by molar-refractivity contribution is 6.30. The van der Waals surface area contributed by atoms with E-state index in [1.54, 1.807) is 12.1 Å². The van der Waals surface area contributed by atoms with Crippen LogP contribution in [-0.4, -0.2) is 44.4 Å². The second-order valence-electron chi connectivity index (χ2n) is 6.77. The summed E-state index contributed by atoms with van der Waals surface area (Å²) >= 11 is 6.01. The molecule has 0 spiro atoms. The maximum Gasteiger partial charge on any atom is 0.163 e. The average Bonchev–Trinajstić information content (AvgIpc) is 3.20. The van der Waals surface area contributed by atoms with Gasteiger partial charge in [0.25, 0.3) is 0 Å². The maximum atomic E-state index is 9.48. The van der Waals surface area contributed by atoms with Crippen molar-refractivity contribution in [2.45, 2.75) is 12.6 Å². The van der Waals surface area contributed by atoms with Crippen LogP contribution in [0.1, 0.15) is 5.69 Å². The van der Waals surface area contributed by atoms with Crippen molar-refractivity contribution in [2.24, 2.45) is 0 Å². The first kappa shape index (κ1) is 20.2. The standard InChI is InChI=1S/C22H21ClN4O3/c23-15-7-4-8-18(9-15)30-13-16-10-19-21(24-16)26-20(14-5-2-1-3-6-14)27-22(19)25-17(11-28)12-29/h1-10,17,28-29H,11-13H2,(H2,24,25,26,27). The third-order valence-corrected chi connectivity index (χ3v) is 4.78. The van der Waals surface area contributed by atoms with E-state index in [4.69, 9.17) is 16.3 Å². The Morgan fingerprint density at radius 2 is 1.80 bits per heavy atom. The molecule has 30 heavy (non-hydrogen) atoms. The van der Waals surface area contributed by atoms with E-state index in [0.29, 0.717) is 34.7 Å². The van der Waals surface area contributed by atoms with Gasteiger partial charge < -0.3 is 25.3 Å². The van der Waals surface area contributed by atoms with E-state index < -0.39 is 6.04 Å². The van der Waals surface area contributed by atoms with Gasteiger partial charge in [-0.3, -0.25) is 0 Å². The normalized spacial score (nSPS) is 11.2. The quantitative estimate of drug-likeness (QED) is 0.344. The average molecular weight is 425 g/mol. The number of aliphatic hydroxyl groups excluding tert-OH is 2. The molecule has 0 saturated carbocycles. The van der Waals surface area contributed by atoms with Crippen molar-refractivity contribution in [3.8, 4) is 17.1 Å². The molecule has 8 heteroatoms. The topological polar surface area (TPSA) is 103 Å². The molecule has 2 aromatic heterocycles. The zero-order chi connectivity index (χ0) is 20.9. The summed E-state index contributed by atoms with van der Waals surface area (Å²) in [4.78, 5) is 12.5. The number of benzene rings is 2. The number of aromatic nitrogens is 3. The summed E-state index contributed by atoms with van der Waals surface area (Å²) in [5.41, 5.74) is 2.29. The largest absolute Gasteiger partial charge is 0.487 e. The van der Waals surface area contributed by atoms with Crippen molar-refractivity contribution < 1.29 is 14.9 Å². The van der Waals surface area contributed by atoms with E-state index in [9.17, 15) is 10.2 Å². The lowest BCUT2D eigenvalue weighted by Crippen LogP contribution is -2.28. The highest BCUT2D eigenvalue weighted by Gasteiger charge is 2.16. The molecule has 0 aliphatic rings. The number of hydrogen-bond donors (Lipinski definition) is 4. The summed E-state index contributed by atoms with van der Waals surface area (Å²) in [6.45, 7) is -0.157. The number of hydrogen-bond acceptors (Lipinski definition) is 6. The molecule has 0 atom stereocenters. The van der Waals surface area contributed by atoms with Gasteiger partial charge in [-0.05, 0) is 24.3 Å². The number of aromatic amines is 1. The molecule has 0 aliphatic heterocycles. The van der Waals surface area contributed by atoms with Crippen LogP contribution in [0.3, 0.4) is 0 Å². The Morgan fingerprint density at radius 1 is 1.00 bits per heavy atom. The molecule has 0 radical (unpaired) electrons. The van der Waals surface area contributed by atoms with Gasteiger partial charge in [-0.25, -0.2) is 9.97 Å². The highest BCUT2D eigenvalue weighted by atomic mass is 35.5. The van der Waals surface area contributed by atoms with E-state index in [-0.39, 0.29) is 13.2 Å². The van der Waals surface area contributed by atoms with Crippen LogP contribution in [0.15, 0.2) is 60.7 Å². The van der Waals surface area contributed by atoms with E-state index in [0.717, 1.165) is 16.6 Å².